The third-order valence-electron chi connectivity index (χ3n) is 18.0. The fraction of sp³-hybridized carbons (Fsp3) is 0.314. The molecule has 0 N–H and O–H groups in total. The first-order chi connectivity index (χ1) is 44.9. The second-order valence-electron chi connectivity index (χ2n) is 26.0. The first kappa shape index (κ1) is 62.5. The minimum Gasteiger partial charge on any atom is -0.201 e. The average molecular weight is 1210 g/mol. The van der Waals surface area contributed by atoms with E-state index in [9.17, 15) is 0 Å². The maximum absolute atomic E-state index is 8.31. The molecule has 470 valence electrons. The Labute approximate surface area is 556 Å². The predicted molar refractivity (Wildman–Crippen MR) is 387 cm³/mol. The molecular formula is C86H106N5+5. The van der Waals surface area contributed by atoms with Gasteiger partial charge in [0.1, 0.15) is 35.2 Å². The zero-order valence-electron chi connectivity index (χ0n) is 64.2. The number of hydrogen-bond acceptors (Lipinski definition) is 0. The van der Waals surface area contributed by atoms with Crippen molar-refractivity contribution in [1.29, 1.82) is 0 Å². The Bertz CT molecular complexity index is 4600. The van der Waals surface area contributed by atoms with Crippen molar-refractivity contribution >= 4 is 10.8 Å². The molecular weight excluding hydrogens is 1100 g/mol. The third kappa shape index (κ3) is 17.4. The fourth-order valence-corrected chi connectivity index (χ4v) is 11.9. The van der Waals surface area contributed by atoms with E-state index in [-0.39, 0.29) is 0 Å². The van der Waals surface area contributed by atoms with Crippen LogP contribution in [-0.4, -0.2) is 0 Å². The van der Waals surface area contributed by atoms with Crippen LogP contribution in [0.15, 0.2) is 189 Å². The predicted octanol–water partition coefficient (Wildman–Crippen LogP) is 19.4. The Morgan fingerprint density at radius 2 is 0.648 bits per heavy atom. The van der Waals surface area contributed by atoms with Crippen LogP contribution in [-0.2, 0) is 35.2 Å². The Kier molecular flexibility index (Phi) is 21.2. The van der Waals surface area contributed by atoms with Gasteiger partial charge in [0.2, 0.25) is 28.5 Å². The minimum atomic E-state index is -2.37. The molecule has 5 aromatic heterocycles. The Morgan fingerprint density at radius 1 is 0.297 bits per heavy atom. The number of rotatable bonds is 8. The average Bonchev–Trinajstić information content (AvgIpc) is 1.05. The van der Waals surface area contributed by atoms with Crippen LogP contribution in [0.1, 0.15) is 155 Å². The van der Waals surface area contributed by atoms with E-state index in [1.54, 1.807) is 6.07 Å². The maximum Gasteiger partial charge on any atom is 0.213 e. The lowest BCUT2D eigenvalue weighted by Crippen LogP contribution is -2.31. The highest BCUT2D eigenvalue weighted by Crippen LogP contribution is 2.31. The van der Waals surface area contributed by atoms with Crippen LogP contribution in [0.25, 0.3) is 67.1 Å². The van der Waals surface area contributed by atoms with E-state index in [0.717, 1.165) is 22.4 Å². The number of pyridine rings is 5. The van der Waals surface area contributed by atoms with Crippen molar-refractivity contribution in [2.75, 3.05) is 0 Å². The monoisotopic (exact) mass is 1210 g/mol. The highest BCUT2D eigenvalue weighted by molar-refractivity contribution is 5.84. The van der Waals surface area contributed by atoms with Crippen LogP contribution in [0.2, 0.25) is 0 Å². The standard InChI is InChI=1S/3C18H24N.C17H16N.C15H18N/c3*1-12(2)16-7-8-19(6)18(11-16)17-10-13(3)9-14(4)15(17)5;1-13-7-3-6-10-16(13)17-11-14-8-4-5-9-15(14)12-18(17)2;1-11-9-12(2)13(3)14(10-11)15-7-5-6-8-16(15)4/h3*7-12H,1-6H3;3-12H,1-2H3;5-10H,1-4H3/q5*+1/i1D3,12D;12D;;;. The van der Waals surface area contributed by atoms with Crippen LogP contribution < -0.4 is 22.8 Å². The molecule has 0 aliphatic carbocycles. The van der Waals surface area contributed by atoms with Crippen LogP contribution >= 0.6 is 0 Å². The summed E-state index contributed by atoms with van der Waals surface area (Å²) in [6.45, 7) is 35.3. The van der Waals surface area contributed by atoms with Crippen molar-refractivity contribution in [2.45, 2.75) is 149 Å². The minimum absolute atomic E-state index is 0.504. The normalized spacial score (nSPS) is 12.6. The van der Waals surface area contributed by atoms with Gasteiger partial charge in [-0.1, -0.05) is 124 Å². The summed E-state index contributed by atoms with van der Waals surface area (Å²) in [6, 6.07) is 55.6. The molecule has 5 heteroatoms. The van der Waals surface area contributed by atoms with Gasteiger partial charge < -0.3 is 0 Å². The van der Waals surface area contributed by atoms with Crippen LogP contribution in [0, 0.1) is 90.0 Å². The first-order valence-electron chi connectivity index (χ1n) is 34.6. The van der Waals surface area contributed by atoms with Gasteiger partial charge in [-0.15, -0.1) is 0 Å². The molecule has 5 nitrogen and oxygen atoms in total. The topological polar surface area (TPSA) is 19.4 Å². The molecule has 11 aromatic rings. The van der Waals surface area contributed by atoms with Gasteiger partial charge in [0, 0.05) is 94.7 Å². The summed E-state index contributed by atoms with van der Waals surface area (Å²) in [7, 11) is 10.3. The van der Waals surface area contributed by atoms with E-state index in [1.165, 1.54) is 135 Å². The van der Waals surface area contributed by atoms with Crippen LogP contribution in [0.4, 0.5) is 0 Å². The number of fused-ring (bicyclic) bond motifs is 1. The molecule has 0 aliphatic heterocycles. The zero-order chi connectivity index (χ0) is 71.1. The molecule has 5 heterocycles. The van der Waals surface area contributed by atoms with Gasteiger partial charge in [-0.25, -0.2) is 22.8 Å². The Morgan fingerprint density at radius 3 is 1.05 bits per heavy atom. The maximum atomic E-state index is 8.31. The van der Waals surface area contributed by atoms with Crippen LogP contribution in [0.3, 0.4) is 0 Å². The largest absolute Gasteiger partial charge is 0.213 e. The number of aromatic nitrogens is 5. The lowest BCUT2D eigenvalue weighted by atomic mass is 9.95. The van der Waals surface area contributed by atoms with Crippen LogP contribution in [0.5, 0.6) is 0 Å². The molecule has 0 fully saturated rings. The lowest BCUT2D eigenvalue weighted by Gasteiger charge is -2.11. The van der Waals surface area contributed by atoms with Crippen molar-refractivity contribution in [3.63, 3.8) is 0 Å². The van der Waals surface area contributed by atoms with E-state index in [0.29, 0.717) is 11.5 Å². The molecule has 0 amide bonds. The smallest absolute Gasteiger partial charge is 0.201 e. The van der Waals surface area contributed by atoms with E-state index in [4.69, 9.17) is 6.85 Å². The second-order valence-corrected chi connectivity index (χ2v) is 26.0. The Balaban J connectivity index is 0.000000170. The van der Waals surface area contributed by atoms with Crippen molar-refractivity contribution in [3.8, 4) is 56.3 Å². The summed E-state index contributed by atoms with van der Waals surface area (Å²) < 4.78 is 50.2. The fourth-order valence-electron chi connectivity index (χ4n) is 11.9. The van der Waals surface area contributed by atoms with E-state index in [1.807, 2.05) is 43.8 Å². The second kappa shape index (κ2) is 30.9. The van der Waals surface area contributed by atoms with Gasteiger partial charge in [-0.2, -0.15) is 0 Å². The first-order valence-corrected chi connectivity index (χ1v) is 32.1. The molecule has 91 heavy (non-hydrogen) atoms. The molecule has 11 rings (SSSR count). The van der Waals surface area contributed by atoms with Gasteiger partial charge in [0.15, 0.2) is 31.0 Å². The van der Waals surface area contributed by atoms with E-state index < -0.39 is 18.6 Å². The number of nitrogens with zero attached hydrogens (tertiary/aromatic N) is 5. The summed E-state index contributed by atoms with van der Waals surface area (Å²) >= 11 is 0. The summed E-state index contributed by atoms with van der Waals surface area (Å²) in [4.78, 5) is 0. The highest BCUT2D eigenvalue weighted by Gasteiger charge is 2.20. The molecule has 0 spiro atoms. The molecule has 6 aromatic carbocycles. The SMILES string of the molecule is Cc1cc(C)c(C)c(-c2cc(C(C)C)cc[n+]2C)c1.Cc1cc(C)c(C)c(-c2cccc[n+]2C)c1.Cc1ccccc1-c1cc2ccccc2c[n+]1C.[2H]C(C)(C)c1cc[n+](C)c(-c2cc(C)cc(C)c2C)c1.[2H]C([2H])([2H])C([2H])(C)c1cc[n+](C)c(-c2cc(C)cc(C)c2C)c1. The van der Waals surface area contributed by atoms with Crippen molar-refractivity contribution in [1.82, 2.24) is 0 Å². The summed E-state index contributed by atoms with van der Waals surface area (Å²) in [6.07, 6.45) is 10.3. The third-order valence-corrected chi connectivity index (χ3v) is 18.0. The van der Waals surface area contributed by atoms with E-state index >= 15 is 0 Å². The lowest BCUT2D eigenvalue weighted by molar-refractivity contribution is -0.660. The molecule has 0 saturated heterocycles. The van der Waals surface area contributed by atoms with Crippen molar-refractivity contribution < 1.29 is 29.7 Å². The number of hydrogen-bond donors (Lipinski definition) is 0. The van der Waals surface area contributed by atoms with Gasteiger partial charge in [0.05, 0.1) is 0 Å². The molecule has 0 aliphatic rings. The van der Waals surface area contributed by atoms with E-state index in [2.05, 4.69) is 315 Å². The summed E-state index contributed by atoms with van der Waals surface area (Å²) in [5, 5.41) is 2.56. The van der Waals surface area contributed by atoms with Crippen molar-refractivity contribution in [3.05, 3.63) is 278 Å². The quantitative estimate of drug-likeness (QED) is 0.135. The van der Waals surface area contributed by atoms with Gasteiger partial charge in [0.25, 0.3) is 0 Å². The number of benzene rings is 6. The molecule has 1 atom stereocenters. The van der Waals surface area contributed by atoms with Gasteiger partial charge >= 0.3 is 0 Å². The summed E-state index contributed by atoms with van der Waals surface area (Å²) in [5.74, 6) is -1.65. The molecule has 0 bridgehead atoms. The summed E-state index contributed by atoms with van der Waals surface area (Å²) in [5.41, 5.74) is 32.1. The van der Waals surface area contributed by atoms with Crippen molar-refractivity contribution in [2.24, 2.45) is 35.2 Å². The zero-order valence-corrected chi connectivity index (χ0v) is 59.2. The number of aryl methyl sites for hydroxylation is 14. The Hall–Kier alpha value is -8.67. The van der Waals surface area contributed by atoms with Gasteiger partial charge in [-0.3, -0.25) is 0 Å². The van der Waals surface area contributed by atoms with Gasteiger partial charge in [-0.05, 0) is 222 Å². The molecule has 0 saturated carbocycles. The highest BCUT2D eigenvalue weighted by atomic mass is 14.9. The molecule has 0 radical (unpaired) electrons. The molecule has 1 unspecified atom stereocenters.